The smallest absolute Gasteiger partial charge is 0.309 e. The van der Waals surface area contributed by atoms with Crippen LogP contribution >= 0.6 is 27.5 Å². The first-order valence-corrected chi connectivity index (χ1v) is 4.83. The summed E-state index contributed by atoms with van der Waals surface area (Å²) in [6, 6.07) is 1.34. The van der Waals surface area contributed by atoms with Gasteiger partial charge in [0.05, 0.1) is 17.8 Å². The summed E-state index contributed by atoms with van der Waals surface area (Å²) in [4.78, 5) is 16.9. The van der Waals surface area contributed by atoms with Crippen LogP contribution in [0.3, 0.4) is 0 Å². The number of carboxylic acid groups (broad SMARTS) is 1. The fraction of sp³-hybridized carbons (Fsp3) is 0.143. The Morgan fingerprint density at radius 3 is 3.00 bits per heavy atom. The molecule has 0 aliphatic rings. The first-order chi connectivity index (χ1) is 7.04. The van der Waals surface area contributed by atoms with E-state index >= 15 is 0 Å². The van der Waals surface area contributed by atoms with Crippen LogP contribution in [0, 0.1) is 0 Å². The van der Waals surface area contributed by atoms with Crippen molar-refractivity contribution in [2.24, 2.45) is 5.11 Å². The molecular weight excluding hydrogens is 287 g/mol. The number of nitrogens with zero attached hydrogens (tertiary/aromatic N) is 4. The highest BCUT2D eigenvalue weighted by Crippen LogP contribution is 2.30. The van der Waals surface area contributed by atoms with Crippen LogP contribution in [0.1, 0.15) is 5.69 Å². The van der Waals surface area contributed by atoms with E-state index in [1.54, 1.807) is 0 Å². The van der Waals surface area contributed by atoms with Crippen molar-refractivity contribution in [1.82, 2.24) is 4.98 Å². The molecule has 0 aliphatic carbocycles. The van der Waals surface area contributed by atoms with Gasteiger partial charge in [-0.3, -0.25) is 4.79 Å². The predicted molar refractivity (Wildman–Crippen MR) is 57.1 cm³/mol. The first kappa shape index (κ1) is 11.8. The fourth-order valence-electron chi connectivity index (χ4n) is 0.916. The average Bonchev–Trinajstić information content (AvgIpc) is 2.12. The molecule has 8 heteroatoms. The van der Waals surface area contributed by atoms with Crippen LogP contribution in [-0.2, 0) is 11.2 Å². The summed E-state index contributed by atoms with van der Waals surface area (Å²) in [5.74, 6) is -1.04. The third-order valence-electron chi connectivity index (χ3n) is 1.45. The summed E-state index contributed by atoms with van der Waals surface area (Å²) >= 11 is 8.73. The number of carboxylic acids is 1. The third kappa shape index (κ3) is 3.09. The normalized spacial score (nSPS) is 9.47. The Morgan fingerprint density at radius 1 is 1.80 bits per heavy atom. The van der Waals surface area contributed by atoms with Gasteiger partial charge in [-0.15, -0.1) is 0 Å². The highest BCUT2D eigenvalue weighted by atomic mass is 79.9. The highest BCUT2D eigenvalue weighted by Gasteiger charge is 2.11. The van der Waals surface area contributed by atoms with Crippen LogP contribution in [0.2, 0.25) is 5.15 Å². The number of hydrogen-bond acceptors (Lipinski definition) is 3. The van der Waals surface area contributed by atoms with Crippen LogP contribution in [0.4, 0.5) is 5.69 Å². The minimum absolute atomic E-state index is 0.0804. The molecule has 1 aromatic heterocycles. The van der Waals surface area contributed by atoms with Gasteiger partial charge in [0.2, 0.25) is 0 Å². The molecule has 1 heterocycles. The second-order valence-electron chi connectivity index (χ2n) is 2.48. The lowest BCUT2D eigenvalue weighted by Gasteiger charge is -2.04. The minimum atomic E-state index is -1.04. The van der Waals surface area contributed by atoms with Crippen molar-refractivity contribution in [2.75, 3.05) is 0 Å². The zero-order valence-electron chi connectivity index (χ0n) is 7.18. The zero-order valence-corrected chi connectivity index (χ0v) is 9.53. The molecule has 0 spiro atoms. The number of pyridine rings is 1. The standard InChI is InChI=1S/C7H4BrClN4O2/c8-7-3(2-6(14)15)11-5(9)1-4(7)12-13-10/h1H,2H2,(H,14,15). The van der Waals surface area contributed by atoms with Gasteiger partial charge >= 0.3 is 5.97 Å². The van der Waals surface area contributed by atoms with E-state index in [-0.39, 0.29) is 23.0 Å². The van der Waals surface area contributed by atoms with E-state index in [1.807, 2.05) is 0 Å². The SMILES string of the molecule is [N-]=[N+]=Nc1cc(Cl)nc(CC(=O)O)c1Br. The van der Waals surface area contributed by atoms with E-state index in [2.05, 4.69) is 30.9 Å². The lowest BCUT2D eigenvalue weighted by atomic mass is 10.2. The number of halogens is 2. The molecule has 0 unspecified atom stereocenters. The Kier molecular flexibility index (Phi) is 3.90. The van der Waals surface area contributed by atoms with Crippen molar-refractivity contribution in [3.05, 3.63) is 31.8 Å². The van der Waals surface area contributed by atoms with Gasteiger partial charge in [-0.25, -0.2) is 4.98 Å². The van der Waals surface area contributed by atoms with Gasteiger partial charge in [0.25, 0.3) is 0 Å². The van der Waals surface area contributed by atoms with Crippen molar-refractivity contribution >= 4 is 39.2 Å². The molecule has 1 aromatic rings. The Balaban J connectivity index is 3.27. The Hall–Kier alpha value is -1.30. The quantitative estimate of drug-likeness (QED) is 0.401. The second-order valence-corrected chi connectivity index (χ2v) is 3.66. The maximum Gasteiger partial charge on any atom is 0.309 e. The van der Waals surface area contributed by atoms with Gasteiger partial charge in [0, 0.05) is 9.38 Å². The highest BCUT2D eigenvalue weighted by molar-refractivity contribution is 9.10. The van der Waals surface area contributed by atoms with Crippen molar-refractivity contribution in [3.8, 4) is 0 Å². The van der Waals surface area contributed by atoms with E-state index in [0.29, 0.717) is 4.47 Å². The molecule has 1 rings (SSSR count). The molecule has 15 heavy (non-hydrogen) atoms. The van der Waals surface area contributed by atoms with Gasteiger partial charge in [0.15, 0.2) is 0 Å². The minimum Gasteiger partial charge on any atom is -0.481 e. The van der Waals surface area contributed by atoms with Gasteiger partial charge in [-0.05, 0) is 27.5 Å². The van der Waals surface area contributed by atoms with Gasteiger partial charge in [-0.1, -0.05) is 16.7 Å². The Bertz CT molecular complexity index is 459. The molecule has 0 aliphatic heterocycles. The molecule has 6 nitrogen and oxygen atoms in total. The molecule has 78 valence electrons. The Labute approximate surface area is 97.6 Å². The number of aliphatic carboxylic acids is 1. The lowest BCUT2D eigenvalue weighted by molar-refractivity contribution is -0.136. The second kappa shape index (κ2) is 4.97. The van der Waals surface area contributed by atoms with Crippen molar-refractivity contribution in [2.45, 2.75) is 6.42 Å². The van der Waals surface area contributed by atoms with Crippen LogP contribution in [0.5, 0.6) is 0 Å². The molecule has 0 saturated carbocycles. The monoisotopic (exact) mass is 290 g/mol. The van der Waals surface area contributed by atoms with E-state index in [0.717, 1.165) is 0 Å². The van der Waals surface area contributed by atoms with E-state index in [9.17, 15) is 4.79 Å². The van der Waals surface area contributed by atoms with Gasteiger partial charge in [-0.2, -0.15) is 0 Å². The summed E-state index contributed by atoms with van der Waals surface area (Å²) in [6.45, 7) is 0. The molecule has 0 aromatic carbocycles. The number of rotatable bonds is 3. The average molecular weight is 291 g/mol. The molecule has 0 radical (unpaired) electrons. The van der Waals surface area contributed by atoms with Crippen LogP contribution in [0.25, 0.3) is 10.4 Å². The van der Waals surface area contributed by atoms with E-state index < -0.39 is 5.97 Å². The van der Waals surface area contributed by atoms with Crippen molar-refractivity contribution in [1.29, 1.82) is 0 Å². The summed E-state index contributed by atoms with van der Waals surface area (Å²) in [7, 11) is 0. The molecule has 0 amide bonds. The topological polar surface area (TPSA) is 99.0 Å². The number of hydrogen-bond donors (Lipinski definition) is 1. The number of azide groups is 1. The fourth-order valence-corrected chi connectivity index (χ4v) is 1.54. The summed E-state index contributed by atoms with van der Waals surface area (Å²) in [5.41, 5.74) is 8.70. The molecular formula is C7H4BrClN4O2. The summed E-state index contributed by atoms with van der Waals surface area (Å²) in [5, 5.41) is 12.0. The molecule has 0 atom stereocenters. The van der Waals surface area contributed by atoms with Crippen LogP contribution in [-0.4, -0.2) is 16.1 Å². The van der Waals surface area contributed by atoms with Crippen molar-refractivity contribution in [3.63, 3.8) is 0 Å². The van der Waals surface area contributed by atoms with Crippen LogP contribution < -0.4 is 0 Å². The van der Waals surface area contributed by atoms with Gasteiger partial charge in [0.1, 0.15) is 5.15 Å². The Morgan fingerprint density at radius 2 is 2.47 bits per heavy atom. The first-order valence-electron chi connectivity index (χ1n) is 3.66. The molecule has 0 bridgehead atoms. The van der Waals surface area contributed by atoms with Crippen molar-refractivity contribution < 1.29 is 9.90 Å². The molecule has 1 N–H and O–H groups in total. The number of aromatic nitrogens is 1. The maximum atomic E-state index is 10.5. The number of carbonyl (C=O) groups is 1. The van der Waals surface area contributed by atoms with Crippen LogP contribution in [0.15, 0.2) is 15.7 Å². The van der Waals surface area contributed by atoms with Gasteiger partial charge < -0.3 is 5.11 Å². The van der Waals surface area contributed by atoms with E-state index in [4.69, 9.17) is 22.2 Å². The summed E-state index contributed by atoms with van der Waals surface area (Å²) in [6.07, 6.45) is -0.297. The molecule has 0 saturated heterocycles. The molecule has 0 fully saturated rings. The maximum absolute atomic E-state index is 10.5. The lowest BCUT2D eigenvalue weighted by Crippen LogP contribution is -2.03. The zero-order chi connectivity index (χ0) is 11.4. The summed E-state index contributed by atoms with van der Waals surface area (Å²) < 4.78 is 0.340. The third-order valence-corrected chi connectivity index (χ3v) is 2.50. The van der Waals surface area contributed by atoms with E-state index in [1.165, 1.54) is 6.07 Å². The predicted octanol–water partition coefficient (Wildman–Crippen LogP) is 3.07. The largest absolute Gasteiger partial charge is 0.481 e.